The summed E-state index contributed by atoms with van der Waals surface area (Å²) in [5, 5.41) is 3.88. The van der Waals surface area contributed by atoms with E-state index in [9.17, 15) is 14.4 Å². The Bertz CT molecular complexity index is 1620. The minimum absolute atomic E-state index is 0.0956. The first-order valence-corrected chi connectivity index (χ1v) is 17.7. The van der Waals surface area contributed by atoms with Gasteiger partial charge in [0.1, 0.15) is 5.75 Å². The molecular weight excluding hydrogens is 667 g/mol. The molecule has 2 unspecified atom stereocenters. The van der Waals surface area contributed by atoms with Gasteiger partial charge < -0.3 is 29.3 Å². The van der Waals surface area contributed by atoms with Crippen LogP contribution in [0.1, 0.15) is 42.7 Å². The molecule has 0 spiro atoms. The molecule has 4 saturated heterocycles. The van der Waals surface area contributed by atoms with E-state index >= 15 is 0 Å². The fraction of sp³-hybridized carbons (Fsp3) is 0.486. The van der Waals surface area contributed by atoms with Gasteiger partial charge in [-0.25, -0.2) is 9.59 Å². The highest BCUT2D eigenvalue weighted by Gasteiger charge is 2.43. The molecule has 5 aliphatic heterocycles. The lowest BCUT2D eigenvalue weighted by atomic mass is 9.78. The maximum absolute atomic E-state index is 14.0. The number of carbonyl (C=O) groups is 3. The van der Waals surface area contributed by atoms with Crippen molar-refractivity contribution in [1.29, 1.82) is 0 Å². The number of methoxy groups -OCH3 is 3. The first-order valence-electron chi connectivity index (χ1n) is 16.9. The number of piperidine rings is 3. The van der Waals surface area contributed by atoms with Crippen LogP contribution in [-0.2, 0) is 30.3 Å². The minimum atomic E-state index is -1.05. The van der Waals surface area contributed by atoms with Gasteiger partial charge in [-0.2, -0.15) is 0 Å². The van der Waals surface area contributed by atoms with Gasteiger partial charge in [0.2, 0.25) is 5.91 Å². The van der Waals surface area contributed by atoms with Crippen molar-refractivity contribution < 1.29 is 28.6 Å². The number of benzene rings is 2. The summed E-state index contributed by atoms with van der Waals surface area (Å²) in [7, 11) is 4.17. The molecule has 2 atom stereocenters. The predicted molar refractivity (Wildman–Crippen MR) is 187 cm³/mol. The molecule has 4 fully saturated rings. The van der Waals surface area contributed by atoms with Gasteiger partial charge in [-0.05, 0) is 68.5 Å². The molecule has 0 saturated carbocycles. The molecule has 2 aromatic carbocycles. The van der Waals surface area contributed by atoms with Crippen molar-refractivity contribution in [1.82, 2.24) is 20.0 Å². The van der Waals surface area contributed by atoms with Crippen LogP contribution in [0.2, 0.25) is 10.0 Å². The largest absolute Gasteiger partial charge is 0.496 e. The second kappa shape index (κ2) is 15.5. The van der Waals surface area contributed by atoms with Crippen LogP contribution >= 0.6 is 23.2 Å². The Kier molecular flexibility index (Phi) is 11.2. The number of rotatable bonds is 10. The third kappa shape index (κ3) is 7.33. The Morgan fingerprint density at radius 3 is 2.02 bits per heavy atom. The monoisotopic (exact) mass is 710 g/mol. The van der Waals surface area contributed by atoms with Gasteiger partial charge in [0, 0.05) is 65.8 Å². The number of hydrogen-bond donors (Lipinski definition) is 1. The average Bonchev–Trinajstić information content (AvgIpc) is 3.13. The normalized spacial score (nSPS) is 24.1. The number of piperazine rings is 1. The number of dihydropyridines is 1. The third-order valence-corrected chi connectivity index (χ3v) is 11.2. The van der Waals surface area contributed by atoms with Gasteiger partial charge in [0.25, 0.3) is 0 Å². The smallest absolute Gasteiger partial charge is 0.336 e. The Balaban J connectivity index is 1.33. The summed E-state index contributed by atoms with van der Waals surface area (Å²) < 4.78 is 16.2. The van der Waals surface area contributed by atoms with Crippen LogP contribution in [0, 0.1) is 5.92 Å². The highest BCUT2D eigenvalue weighted by Crippen LogP contribution is 2.46. The molecule has 0 aliphatic carbocycles. The van der Waals surface area contributed by atoms with Crippen LogP contribution in [-0.4, -0.2) is 106 Å². The number of amides is 1. The van der Waals surface area contributed by atoms with Crippen molar-refractivity contribution in [2.75, 3.05) is 67.1 Å². The number of nitrogens with zero attached hydrogens (tertiary/aromatic N) is 3. The summed E-state index contributed by atoms with van der Waals surface area (Å²) in [5.74, 6) is -1.08. The molecule has 262 valence electrons. The summed E-state index contributed by atoms with van der Waals surface area (Å²) >= 11 is 13.5. The van der Waals surface area contributed by atoms with E-state index in [-0.39, 0.29) is 33.5 Å². The molecule has 1 amide bonds. The molecule has 2 bridgehead atoms. The first kappa shape index (κ1) is 35.3. The van der Waals surface area contributed by atoms with E-state index < -0.39 is 17.9 Å². The van der Waals surface area contributed by atoms with E-state index in [0.717, 1.165) is 31.1 Å². The second-order valence-corrected chi connectivity index (χ2v) is 13.9. The number of esters is 2. The Morgan fingerprint density at radius 2 is 1.43 bits per heavy atom. The van der Waals surface area contributed by atoms with Crippen LogP contribution < -0.4 is 10.1 Å². The topological polar surface area (TPSA) is 101 Å². The fourth-order valence-corrected chi connectivity index (χ4v) is 8.62. The Morgan fingerprint density at radius 1 is 0.796 bits per heavy atom. The number of hydrogen-bond acceptors (Lipinski definition) is 9. The fourth-order valence-electron chi connectivity index (χ4n) is 8.01. The zero-order valence-corrected chi connectivity index (χ0v) is 29.8. The number of allylic oxidation sites excluding steroid dienone is 1. The van der Waals surface area contributed by atoms with Crippen molar-refractivity contribution in [3.05, 3.63) is 86.2 Å². The van der Waals surface area contributed by atoms with Crippen molar-refractivity contribution in [3.8, 4) is 5.75 Å². The maximum Gasteiger partial charge on any atom is 0.336 e. The Hall–Kier alpha value is -3.57. The van der Waals surface area contributed by atoms with Crippen molar-refractivity contribution in [3.63, 3.8) is 0 Å². The number of carbonyl (C=O) groups excluding carboxylic acids is 3. The number of aryl methyl sites for hydroxylation is 1. The van der Waals surface area contributed by atoms with Crippen molar-refractivity contribution >= 4 is 41.0 Å². The van der Waals surface area contributed by atoms with E-state index in [0.29, 0.717) is 54.7 Å². The molecule has 5 aliphatic rings. The second-order valence-electron chi connectivity index (χ2n) is 13.1. The van der Waals surface area contributed by atoms with Gasteiger partial charge in [-0.15, -0.1) is 0 Å². The molecule has 49 heavy (non-hydrogen) atoms. The maximum atomic E-state index is 14.0. The van der Waals surface area contributed by atoms with E-state index in [1.807, 2.05) is 29.2 Å². The molecule has 7 rings (SSSR count). The summed E-state index contributed by atoms with van der Waals surface area (Å²) in [4.78, 5) is 48.4. The molecule has 1 N–H and O–H groups in total. The lowest BCUT2D eigenvalue weighted by molar-refractivity contribution is -0.137. The van der Waals surface area contributed by atoms with Crippen LogP contribution in [0.25, 0.3) is 0 Å². The first-order chi connectivity index (χ1) is 23.7. The summed E-state index contributed by atoms with van der Waals surface area (Å²) in [6.07, 6.45) is 3.23. The van der Waals surface area contributed by atoms with E-state index in [4.69, 9.17) is 37.4 Å². The van der Waals surface area contributed by atoms with Gasteiger partial charge in [0.15, 0.2) is 0 Å². The molecule has 10 nitrogen and oxygen atoms in total. The lowest BCUT2D eigenvalue weighted by Crippen LogP contribution is -2.61. The molecule has 5 heterocycles. The third-order valence-electron chi connectivity index (χ3n) is 10.6. The zero-order valence-electron chi connectivity index (χ0n) is 28.3. The van der Waals surface area contributed by atoms with Crippen molar-refractivity contribution in [2.45, 2.75) is 44.1 Å². The van der Waals surface area contributed by atoms with Crippen LogP contribution in [0.5, 0.6) is 5.75 Å². The lowest BCUT2D eigenvalue weighted by Gasteiger charge is -2.51. The van der Waals surface area contributed by atoms with Crippen LogP contribution in [0.3, 0.4) is 0 Å². The summed E-state index contributed by atoms with van der Waals surface area (Å²) in [6, 6.07) is 13.2. The highest BCUT2D eigenvalue weighted by atomic mass is 35.5. The number of halogens is 2. The number of fused-ring (bicyclic) bond motifs is 3. The quantitative estimate of drug-likeness (QED) is 0.349. The SMILES string of the molecule is COC(=O)C1=C(CCc2ccccc2OC)NC(CC(=O)N2CCN(C3CN4CCC3CC4)CC2)=C(C(=O)OC)C1c1c(Cl)cccc1Cl. The van der Waals surface area contributed by atoms with Gasteiger partial charge >= 0.3 is 11.9 Å². The van der Waals surface area contributed by atoms with E-state index in [1.54, 1.807) is 25.3 Å². The molecule has 0 radical (unpaired) electrons. The predicted octanol–water partition coefficient (Wildman–Crippen LogP) is 4.80. The number of nitrogens with one attached hydrogen (secondary N) is 1. The standard InChI is InChI=1S/C37H44Cl2N4O6/c1-47-30-10-5-4-7-24(30)11-12-27-33(36(45)48-2)35(32-25(38)8-6-9-26(32)39)34(37(46)49-3)28(40-27)21-31(44)43-19-17-42(18-20-43)29-22-41-15-13-23(29)14-16-41/h4-10,23,29,35,40H,11-22H2,1-3H3. The average molecular weight is 712 g/mol. The van der Waals surface area contributed by atoms with Crippen LogP contribution in [0.4, 0.5) is 0 Å². The molecule has 0 aromatic heterocycles. The highest BCUT2D eigenvalue weighted by molar-refractivity contribution is 6.36. The molecule has 12 heteroatoms. The summed E-state index contributed by atoms with van der Waals surface area (Å²) in [5.41, 5.74) is 2.41. The molecule has 2 aromatic rings. The van der Waals surface area contributed by atoms with E-state index in [1.165, 1.54) is 40.2 Å². The molecular formula is C37H44Cl2N4O6. The van der Waals surface area contributed by atoms with E-state index in [2.05, 4.69) is 15.1 Å². The van der Waals surface area contributed by atoms with Gasteiger partial charge in [0.05, 0.1) is 44.8 Å². The number of para-hydroxylation sites is 1. The van der Waals surface area contributed by atoms with Crippen LogP contribution in [0.15, 0.2) is 65.0 Å². The van der Waals surface area contributed by atoms with Crippen molar-refractivity contribution in [2.24, 2.45) is 5.92 Å². The zero-order chi connectivity index (χ0) is 34.7. The summed E-state index contributed by atoms with van der Waals surface area (Å²) in [6.45, 7) is 6.32. The Labute approximate surface area is 297 Å². The minimum Gasteiger partial charge on any atom is -0.496 e. The van der Waals surface area contributed by atoms with Gasteiger partial charge in [-0.3, -0.25) is 9.69 Å². The number of ether oxygens (including phenoxy) is 3. The van der Waals surface area contributed by atoms with Gasteiger partial charge in [-0.1, -0.05) is 47.5 Å².